The van der Waals surface area contributed by atoms with Gasteiger partial charge in [-0.3, -0.25) is 0 Å². The highest BCUT2D eigenvalue weighted by atomic mass is 16.5. The van der Waals surface area contributed by atoms with Crippen LogP contribution in [0.25, 0.3) is 0 Å². The van der Waals surface area contributed by atoms with Gasteiger partial charge in [-0.2, -0.15) is 0 Å². The molecule has 0 fully saturated rings. The molecule has 1 aromatic carbocycles. The van der Waals surface area contributed by atoms with E-state index in [1.807, 2.05) is 18.2 Å². The number of rotatable bonds is 6. The first kappa shape index (κ1) is 16.0. The van der Waals surface area contributed by atoms with E-state index in [1.54, 1.807) is 7.11 Å². The van der Waals surface area contributed by atoms with Crippen LogP contribution in [0.5, 0.6) is 11.5 Å². The van der Waals surface area contributed by atoms with Crippen molar-refractivity contribution in [2.24, 2.45) is 5.92 Å². The van der Waals surface area contributed by atoms with Crippen molar-refractivity contribution in [1.82, 2.24) is 0 Å². The lowest BCUT2D eigenvalue weighted by atomic mass is 9.67. The lowest BCUT2D eigenvalue weighted by Crippen LogP contribution is -2.45. The molecule has 4 nitrogen and oxygen atoms in total. The van der Waals surface area contributed by atoms with Crippen LogP contribution >= 0.6 is 0 Å². The molecule has 0 saturated heterocycles. The lowest BCUT2D eigenvalue weighted by molar-refractivity contribution is -0.136. The Morgan fingerprint density at radius 3 is 2.85 bits per heavy atom. The topological polar surface area (TPSA) is 44.8 Å². The molecule has 1 heterocycles. The first-order valence-electron chi connectivity index (χ1n) is 11.2. The Morgan fingerprint density at radius 1 is 1.33 bits per heavy atom. The molecule has 2 atom stereocenters. The number of benzene rings is 1. The third-order valence-electron chi connectivity index (χ3n) is 5.86. The van der Waals surface area contributed by atoms with E-state index < -0.39 is 6.85 Å². The number of carbonyl (C=O) groups excluding carboxylic acids is 1. The fraction of sp³-hybridized carbons (Fsp3) is 0.609. The smallest absolute Gasteiger partial charge is 0.333 e. The Morgan fingerprint density at radius 2 is 2.15 bits per heavy atom. The molecule has 4 heteroatoms. The molecule has 0 spiro atoms. The molecule has 0 bridgehead atoms. The van der Waals surface area contributed by atoms with E-state index in [-0.39, 0.29) is 29.8 Å². The van der Waals surface area contributed by atoms with E-state index in [2.05, 4.69) is 13.8 Å². The van der Waals surface area contributed by atoms with Crippen LogP contribution in [0, 0.1) is 5.92 Å². The molecule has 27 heavy (non-hydrogen) atoms. The van der Waals surface area contributed by atoms with Gasteiger partial charge in [0, 0.05) is 27.1 Å². The van der Waals surface area contributed by atoms with Crippen molar-refractivity contribution >= 4 is 5.97 Å². The maximum absolute atomic E-state index is 12.1. The monoisotopic (exact) mass is 375 g/mol. The molecule has 0 saturated carbocycles. The average Bonchev–Trinajstić information content (AvgIpc) is 2.68. The average molecular weight is 376 g/mol. The summed E-state index contributed by atoms with van der Waals surface area (Å²) in [6.07, 6.45) is 5.99. The van der Waals surface area contributed by atoms with Crippen molar-refractivity contribution in [3.05, 3.63) is 34.9 Å². The Bertz CT molecular complexity index is 826. The van der Waals surface area contributed by atoms with Crippen molar-refractivity contribution < 1.29 is 23.1 Å². The molecule has 3 rings (SSSR count). The Labute approximate surface area is 167 Å². The second kappa shape index (κ2) is 7.95. The van der Waals surface area contributed by atoms with Gasteiger partial charge in [-0.1, -0.05) is 25.8 Å². The van der Waals surface area contributed by atoms with Gasteiger partial charge in [0.15, 0.2) is 0 Å². The van der Waals surface area contributed by atoms with E-state index in [0.717, 1.165) is 41.9 Å². The minimum atomic E-state index is -1.87. The fourth-order valence-electron chi connectivity index (χ4n) is 4.47. The zero-order valence-electron chi connectivity index (χ0n) is 19.8. The van der Waals surface area contributed by atoms with Gasteiger partial charge in [-0.05, 0) is 57.2 Å². The summed E-state index contributed by atoms with van der Waals surface area (Å²) < 4.78 is 39.2. The van der Waals surface area contributed by atoms with Crippen LogP contribution in [-0.2, 0) is 16.0 Å². The predicted molar refractivity (Wildman–Crippen MR) is 106 cm³/mol. The molecular formula is C23H32O4. The van der Waals surface area contributed by atoms with Gasteiger partial charge in [-0.15, -0.1) is 0 Å². The number of fused-ring (bicyclic) bond motifs is 3. The molecule has 0 amide bonds. The normalized spacial score (nSPS) is 24.9. The fourth-order valence-corrected chi connectivity index (χ4v) is 4.47. The van der Waals surface area contributed by atoms with Crippen LogP contribution in [0.15, 0.2) is 23.8 Å². The molecule has 0 radical (unpaired) electrons. The van der Waals surface area contributed by atoms with Crippen molar-refractivity contribution in [3.8, 4) is 11.5 Å². The van der Waals surface area contributed by atoms with Crippen LogP contribution in [0.4, 0.5) is 0 Å². The summed E-state index contributed by atoms with van der Waals surface area (Å²) in [7, 11) is 3.06. The van der Waals surface area contributed by atoms with Crippen LogP contribution < -0.4 is 9.47 Å². The molecule has 0 unspecified atom stereocenters. The summed E-state index contributed by atoms with van der Waals surface area (Å²) in [5, 5.41) is 0. The lowest BCUT2D eigenvalue weighted by Gasteiger charge is -2.46. The molecule has 0 N–H and O–H groups in total. The van der Waals surface area contributed by atoms with Gasteiger partial charge in [0.1, 0.15) is 17.1 Å². The molecule has 148 valence electrons. The highest BCUT2D eigenvalue weighted by molar-refractivity contribution is 5.88. The predicted octanol–water partition coefficient (Wildman–Crippen LogP) is 5.19. The molecule has 1 aromatic rings. The van der Waals surface area contributed by atoms with E-state index in [9.17, 15) is 4.79 Å². The highest BCUT2D eigenvalue weighted by Gasteiger charge is 2.46. The molecule has 0 aromatic heterocycles. The van der Waals surface area contributed by atoms with Crippen molar-refractivity contribution in [1.29, 1.82) is 0 Å². The number of esters is 1. The third-order valence-corrected chi connectivity index (χ3v) is 5.86. The van der Waals surface area contributed by atoms with Gasteiger partial charge in [-0.25, -0.2) is 4.79 Å². The zero-order chi connectivity index (χ0) is 22.1. The first-order chi connectivity index (χ1) is 14.1. The maximum atomic E-state index is 12.1. The quantitative estimate of drug-likeness (QED) is 0.507. The van der Waals surface area contributed by atoms with Crippen molar-refractivity contribution in [3.63, 3.8) is 0 Å². The number of aryl methyl sites for hydroxylation is 1. The highest BCUT2D eigenvalue weighted by Crippen LogP contribution is 2.53. The van der Waals surface area contributed by atoms with Gasteiger partial charge in [0.2, 0.25) is 0 Å². The van der Waals surface area contributed by atoms with E-state index in [0.29, 0.717) is 18.4 Å². The van der Waals surface area contributed by atoms with Crippen LogP contribution in [0.3, 0.4) is 0 Å². The van der Waals surface area contributed by atoms with E-state index in [4.69, 9.17) is 18.3 Å². The molecule has 1 aliphatic carbocycles. The molecular weight excluding hydrogens is 340 g/mol. The van der Waals surface area contributed by atoms with E-state index >= 15 is 0 Å². The van der Waals surface area contributed by atoms with Crippen molar-refractivity contribution in [2.75, 3.05) is 14.2 Å². The minimum absolute atomic E-state index is 0.0196. The second-order valence-corrected chi connectivity index (χ2v) is 7.98. The summed E-state index contributed by atoms with van der Waals surface area (Å²) in [6, 6.07) is 4.07. The number of carbonyl (C=O) groups is 1. The second-order valence-electron chi connectivity index (χ2n) is 7.98. The number of methoxy groups -OCH3 is 2. The van der Waals surface area contributed by atoms with Crippen LogP contribution in [0.1, 0.15) is 74.0 Å². The van der Waals surface area contributed by atoms with E-state index in [1.165, 1.54) is 7.11 Å². The SMILES string of the molecule is [2H]C([2H])([2H])CCCCc1cc(OC)c2c(c1)OC(C)(C)[C@@H]1CCC(C(=O)OC)=C[C@@H]21. The number of hydrogen-bond acceptors (Lipinski definition) is 4. The largest absolute Gasteiger partial charge is 0.496 e. The Hall–Kier alpha value is -1.97. The van der Waals surface area contributed by atoms with Gasteiger partial charge >= 0.3 is 5.97 Å². The number of unbranched alkanes of at least 4 members (excludes halogenated alkanes) is 1. The standard InChI is InChI=1S/C23H32O4/c1-6-7-8-9-15-12-19(25-4)21-17-14-16(22(24)26-5)10-11-18(17)23(2,3)27-20(21)13-15/h12-14,17-18H,6-11H2,1-5H3/t17-,18-/m1/s1/i1D3. The Kier molecular flexibility index (Phi) is 4.72. The van der Waals surface area contributed by atoms with Crippen LogP contribution in [0.2, 0.25) is 0 Å². The first-order valence-corrected chi connectivity index (χ1v) is 9.74. The summed E-state index contributed by atoms with van der Waals surface area (Å²) in [5.41, 5.74) is 2.38. The third kappa shape index (κ3) is 3.85. The molecule has 2 aliphatic rings. The number of ether oxygens (including phenoxy) is 3. The Balaban J connectivity index is 1.92. The maximum Gasteiger partial charge on any atom is 0.333 e. The molecule has 1 aliphatic heterocycles. The van der Waals surface area contributed by atoms with Crippen LogP contribution in [-0.4, -0.2) is 25.8 Å². The summed E-state index contributed by atoms with van der Waals surface area (Å²) in [5.74, 6) is 1.52. The minimum Gasteiger partial charge on any atom is -0.496 e. The summed E-state index contributed by atoms with van der Waals surface area (Å²) in [4.78, 5) is 12.1. The number of allylic oxidation sites excluding steroid dienone is 1. The number of hydrogen-bond donors (Lipinski definition) is 0. The van der Waals surface area contributed by atoms with Crippen molar-refractivity contribution in [2.45, 2.75) is 70.7 Å². The van der Waals surface area contributed by atoms with Gasteiger partial charge < -0.3 is 14.2 Å². The summed E-state index contributed by atoms with van der Waals surface area (Å²) in [6.45, 7) is 2.32. The summed E-state index contributed by atoms with van der Waals surface area (Å²) >= 11 is 0. The zero-order valence-corrected chi connectivity index (χ0v) is 16.8. The van der Waals surface area contributed by atoms with Gasteiger partial charge in [0.25, 0.3) is 0 Å². The van der Waals surface area contributed by atoms with Gasteiger partial charge in [0.05, 0.1) is 14.2 Å².